The average Bonchev–Trinajstić information content (AvgIpc) is 3.36. The Hall–Kier alpha value is -2.45. The maximum atomic E-state index is 12.5. The predicted molar refractivity (Wildman–Crippen MR) is 131 cm³/mol. The van der Waals surface area contributed by atoms with Gasteiger partial charge in [0.1, 0.15) is 0 Å². The number of nitrogens with zero attached hydrogens (tertiary/aromatic N) is 3. The van der Waals surface area contributed by atoms with Gasteiger partial charge in [0.05, 0.1) is 5.75 Å². The van der Waals surface area contributed by atoms with Crippen LogP contribution >= 0.6 is 23.1 Å². The molecule has 0 spiro atoms. The van der Waals surface area contributed by atoms with E-state index in [-0.39, 0.29) is 23.5 Å². The van der Waals surface area contributed by atoms with Gasteiger partial charge in [-0.15, -0.1) is 21.5 Å². The maximum absolute atomic E-state index is 12.5. The zero-order chi connectivity index (χ0) is 22.8. The number of benzene rings is 1. The molecule has 1 aliphatic carbocycles. The number of fused-ring (bicyclic) bond motifs is 1. The number of thiophene rings is 1. The summed E-state index contributed by atoms with van der Waals surface area (Å²) in [5, 5.41) is 14.8. The minimum Gasteiger partial charge on any atom is -0.325 e. The molecule has 0 fully saturated rings. The fraction of sp³-hybridized carbons (Fsp3) is 0.417. The summed E-state index contributed by atoms with van der Waals surface area (Å²) in [6.45, 7) is 8.08. The van der Waals surface area contributed by atoms with E-state index in [9.17, 15) is 9.59 Å². The van der Waals surface area contributed by atoms with Gasteiger partial charge in [-0.1, -0.05) is 18.7 Å². The van der Waals surface area contributed by atoms with E-state index < -0.39 is 0 Å². The van der Waals surface area contributed by atoms with Crippen molar-refractivity contribution in [1.82, 2.24) is 14.8 Å². The molecule has 8 heteroatoms. The first kappa shape index (κ1) is 22.7. The van der Waals surface area contributed by atoms with Crippen molar-refractivity contribution in [3.05, 3.63) is 45.6 Å². The van der Waals surface area contributed by atoms with E-state index in [1.54, 1.807) is 24.3 Å². The summed E-state index contributed by atoms with van der Waals surface area (Å²) in [7, 11) is 0. The van der Waals surface area contributed by atoms with Crippen molar-refractivity contribution in [1.29, 1.82) is 0 Å². The lowest BCUT2D eigenvalue weighted by atomic mass is 9.88. The maximum Gasteiger partial charge on any atom is 0.234 e. The van der Waals surface area contributed by atoms with Crippen LogP contribution in [0.3, 0.4) is 0 Å². The number of nitrogens with one attached hydrogen (secondary N) is 1. The standard InChI is InChI=1S/C24H28N4O2S2/c1-14(2)28-23(20-12-31-21-11-15(3)5-10-19(20)21)26-27-24(28)32-13-22(30)25-18-8-6-17(7-9-18)16(4)29/h6-9,12,14-15H,5,10-11,13H2,1-4H3,(H,25,30). The molecule has 1 aliphatic rings. The molecule has 168 valence electrons. The Labute approximate surface area is 196 Å². The summed E-state index contributed by atoms with van der Waals surface area (Å²) in [5.74, 6) is 1.75. The van der Waals surface area contributed by atoms with E-state index in [1.807, 2.05) is 11.3 Å². The molecular formula is C24H28N4O2S2. The fourth-order valence-corrected chi connectivity index (χ4v) is 6.11. The summed E-state index contributed by atoms with van der Waals surface area (Å²) in [6.07, 6.45) is 3.44. The van der Waals surface area contributed by atoms with Crippen molar-refractivity contribution >= 4 is 40.5 Å². The molecule has 3 aromatic rings. The van der Waals surface area contributed by atoms with Crippen LogP contribution < -0.4 is 5.32 Å². The highest BCUT2D eigenvalue weighted by Gasteiger charge is 2.25. The van der Waals surface area contributed by atoms with Crippen LogP contribution in [0.2, 0.25) is 0 Å². The van der Waals surface area contributed by atoms with Gasteiger partial charge in [-0.2, -0.15) is 0 Å². The minimum absolute atomic E-state index is 0.00339. The molecule has 2 aromatic heterocycles. The third-order valence-electron chi connectivity index (χ3n) is 5.73. The lowest BCUT2D eigenvalue weighted by Gasteiger charge is -2.19. The molecule has 0 aliphatic heterocycles. The van der Waals surface area contributed by atoms with Gasteiger partial charge in [0, 0.05) is 33.1 Å². The molecule has 1 N–H and O–H groups in total. The summed E-state index contributed by atoms with van der Waals surface area (Å²) in [6, 6.07) is 7.11. The number of carbonyl (C=O) groups is 2. The van der Waals surface area contributed by atoms with E-state index >= 15 is 0 Å². The second-order valence-electron chi connectivity index (χ2n) is 8.64. The van der Waals surface area contributed by atoms with Gasteiger partial charge in [0.25, 0.3) is 0 Å². The molecule has 0 bridgehead atoms. The Balaban J connectivity index is 1.47. The van der Waals surface area contributed by atoms with Crippen molar-refractivity contribution in [2.75, 3.05) is 11.1 Å². The Morgan fingerprint density at radius 2 is 2.00 bits per heavy atom. The molecule has 2 heterocycles. The second-order valence-corrected chi connectivity index (χ2v) is 10.5. The third-order valence-corrected chi connectivity index (χ3v) is 7.73. The van der Waals surface area contributed by atoms with Gasteiger partial charge in [-0.3, -0.25) is 14.2 Å². The molecule has 6 nitrogen and oxygen atoms in total. The van der Waals surface area contributed by atoms with Crippen LogP contribution in [-0.4, -0.2) is 32.2 Å². The number of amides is 1. The lowest BCUT2D eigenvalue weighted by Crippen LogP contribution is -2.15. The average molecular weight is 469 g/mol. The fourth-order valence-electron chi connectivity index (χ4n) is 4.00. The van der Waals surface area contributed by atoms with Crippen LogP contribution in [0.25, 0.3) is 11.4 Å². The van der Waals surface area contributed by atoms with Crippen LogP contribution in [0.15, 0.2) is 34.8 Å². The molecule has 1 amide bonds. The molecule has 1 aromatic carbocycles. The molecular weight excluding hydrogens is 440 g/mol. The van der Waals surface area contributed by atoms with E-state index in [4.69, 9.17) is 0 Å². The van der Waals surface area contributed by atoms with Gasteiger partial charge < -0.3 is 5.32 Å². The van der Waals surface area contributed by atoms with E-state index in [0.29, 0.717) is 11.3 Å². The van der Waals surface area contributed by atoms with Gasteiger partial charge in [-0.05, 0) is 75.8 Å². The molecule has 0 saturated carbocycles. The normalized spacial score (nSPS) is 15.6. The summed E-state index contributed by atoms with van der Waals surface area (Å²) < 4.78 is 2.14. The first-order valence-corrected chi connectivity index (χ1v) is 12.8. The molecule has 0 radical (unpaired) electrons. The second kappa shape index (κ2) is 9.58. The van der Waals surface area contributed by atoms with Gasteiger partial charge in [0.15, 0.2) is 16.8 Å². The molecule has 0 saturated heterocycles. The van der Waals surface area contributed by atoms with Crippen LogP contribution in [0.1, 0.15) is 61.0 Å². The van der Waals surface area contributed by atoms with Gasteiger partial charge in [0.2, 0.25) is 5.91 Å². The Bertz CT molecular complexity index is 1130. The first-order valence-electron chi connectivity index (χ1n) is 10.9. The van der Waals surface area contributed by atoms with Gasteiger partial charge >= 0.3 is 0 Å². The highest BCUT2D eigenvalue weighted by molar-refractivity contribution is 7.99. The molecule has 4 rings (SSSR count). The Morgan fingerprint density at radius 1 is 1.25 bits per heavy atom. The number of thioether (sulfide) groups is 1. The minimum atomic E-state index is -0.118. The predicted octanol–water partition coefficient (Wildman–Crippen LogP) is 5.65. The zero-order valence-electron chi connectivity index (χ0n) is 18.8. The molecule has 1 atom stereocenters. The quantitative estimate of drug-likeness (QED) is 0.358. The number of carbonyl (C=O) groups excluding carboxylic acids is 2. The Morgan fingerprint density at radius 3 is 2.69 bits per heavy atom. The van der Waals surface area contributed by atoms with Crippen molar-refractivity contribution in [3.63, 3.8) is 0 Å². The monoisotopic (exact) mass is 468 g/mol. The van der Waals surface area contributed by atoms with Gasteiger partial charge in [-0.25, -0.2) is 0 Å². The smallest absolute Gasteiger partial charge is 0.234 e. The third kappa shape index (κ3) is 4.81. The number of anilines is 1. The lowest BCUT2D eigenvalue weighted by molar-refractivity contribution is -0.113. The van der Waals surface area contributed by atoms with E-state index in [2.05, 4.69) is 46.2 Å². The molecule has 1 unspecified atom stereocenters. The molecule has 32 heavy (non-hydrogen) atoms. The van der Waals surface area contributed by atoms with Crippen LogP contribution in [0.4, 0.5) is 5.69 Å². The zero-order valence-corrected chi connectivity index (χ0v) is 20.5. The highest BCUT2D eigenvalue weighted by Crippen LogP contribution is 2.39. The van der Waals surface area contributed by atoms with E-state index in [1.165, 1.54) is 41.1 Å². The highest BCUT2D eigenvalue weighted by atomic mass is 32.2. The summed E-state index contributed by atoms with van der Waals surface area (Å²) >= 11 is 3.22. The van der Waals surface area contributed by atoms with E-state index in [0.717, 1.165) is 29.7 Å². The number of hydrogen-bond acceptors (Lipinski definition) is 6. The van der Waals surface area contributed by atoms with Crippen LogP contribution in [0.5, 0.6) is 0 Å². The number of rotatable bonds is 7. The number of Topliss-reactive ketones (excluding diaryl/α,β-unsaturated/α-hetero) is 1. The van der Waals surface area contributed by atoms with Crippen LogP contribution in [0, 0.1) is 5.92 Å². The Kier molecular flexibility index (Phi) is 6.81. The van der Waals surface area contributed by atoms with Crippen LogP contribution in [-0.2, 0) is 17.6 Å². The first-order chi connectivity index (χ1) is 15.3. The number of aromatic nitrogens is 3. The summed E-state index contributed by atoms with van der Waals surface area (Å²) in [5.41, 5.74) is 3.91. The summed E-state index contributed by atoms with van der Waals surface area (Å²) in [4.78, 5) is 25.4. The largest absolute Gasteiger partial charge is 0.325 e. The number of hydrogen-bond donors (Lipinski definition) is 1. The van der Waals surface area contributed by atoms with Crippen molar-refractivity contribution < 1.29 is 9.59 Å². The van der Waals surface area contributed by atoms with Crippen molar-refractivity contribution in [3.8, 4) is 11.4 Å². The SMILES string of the molecule is CC(=O)c1ccc(NC(=O)CSc2nnc(-c3csc4c3CCC(C)C4)n2C(C)C)cc1. The number of ketones is 1. The van der Waals surface area contributed by atoms with Crippen molar-refractivity contribution in [2.45, 2.75) is 58.2 Å². The van der Waals surface area contributed by atoms with Crippen molar-refractivity contribution in [2.24, 2.45) is 5.92 Å². The topological polar surface area (TPSA) is 76.9 Å².